The van der Waals surface area contributed by atoms with Gasteiger partial charge in [0.1, 0.15) is 0 Å². The van der Waals surface area contributed by atoms with Crippen LogP contribution < -0.4 is 5.32 Å². The first kappa shape index (κ1) is 8.68. The molecule has 0 bridgehead atoms. The van der Waals surface area contributed by atoms with Gasteiger partial charge in [0.05, 0.1) is 6.04 Å². The number of aromatic nitrogens is 1. The minimum Gasteiger partial charge on any atom is -0.357 e. The van der Waals surface area contributed by atoms with Crippen molar-refractivity contribution in [1.29, 1.82) is 0 Å². The Morgan fingerprint density at radius 1 is 1.33 bits per heavy atom. The number of hydrogen-bond acceptors (Lipinski definition) is 2. The fourth-order valence-corrected chi connectivity index (χ4v) is 2.22. The third kappa shape index (κ3) is 1.27. The molecular formula is C12H11N2O. The quantitative estimate of drug-likeness (QED) is 0.727. The third-order valence-electron chi connectivity index (χ3n) is 2.98. The van der Waals surface area contributed by atoms with Crippen molar-refractivity contribution in [3.63, 3.8) is 0 Å². The first-order valence-corrected chi connectivity index (χ1v) is 5.08. The second kappa shape index (κ2) is 3.21. The number of aromatic amines is 1. The van der Waals surface area contributed by atoms with Gasteiger partial charge in [-0.25, -0.2) is 0 Å². The maximum Gasteiger partial charge on any atom is 0.217 e. The zero-order valence-electron chi connectivity index (χ0n) is 8.21. The number of benzene rings is 1. The largest absolute Gasteiger partial charge is 0.357 e. The Labute approximate surface area is 87.5 Å². The van der Waals surface area contributed by atoms with Crippen LogP contribution in [-0.4, -0.2) is 17.3 Å². The molecule has 3 nitrogen and oxygen atoms in total. The number of para-hydroxylation sites is 1. The van der Waals surface area contributed by atoms with E-state index in [4.69, 9.17) is 0 Å². The van der Waals surface area contributed by atoms with E-state index in [0.29, 0.717) is 0 Å². The molecule has 75 valence electrons. The van der Waals surface area contributed by atoms with Crippen molar-refractivity contribution in [2.75, 3.05) is 0 Å². The average molecular weight is 199 g/mol. The molecule has 1 aromatic heterocycles. The first-order valence-electron chi connectivity index (χ1n) is 5.08. The normalized spacial score (nSPS) is 20.1. The fourth-order valence-electron chi connectivity index (χ4n) is 2.22. The topological polar surface area (TPSA) is 44.9 Å². The van der Waals surface area contributed by atoms with Gasteiger partial charge in [-0.1, -0.05) is 18.2 Å². The Morgan fingerprint density at radius 2 is 2.20 bits per heavy atom. The summed E-state index contributed by atoms with van der Waals surface area (Å²) in [6, 6.07) is 8.04. The van der Waals surface area contributed by atoms with Gasteiger partial charge >= 0.3 is 0 Å². The molecule has 2 aromatic rings. The van der Waals surface area contributed by atoms with Crippen LogP contribution in [0, 0.1) is 0 Å². The molecule has 1 aromatic carbocycles. The van der Waals surface area contributed by atoms with E-state index in [0.717, 1.165) is 18.5 Å². The highest BCUT2D eigenvalue weighted by molar-refractivity contribution is 5.85. The Morgan fingerprint density at radius 3 is 3.07 bits per heavy atom. The van der Waals surface area contributed by atoms with Crippen LogP contribution in [0.5, 0.6) is 0 Å². The van der Waals surface area contributed by atoms with Crippen LogP contribution in [0.15, 0.2) is 24.3 Å². The standard InChI is InChI=1S/C12H11N2O/c15-7-8-5-10-9-3-1-2-4-11(9)14-12(10)6-13-8/h1-4,8,13-14H,5-6H2/t8-/m1/s1. The SMILES string of the molecule is O=[C][C@H]1Cc2c([nH]c3ccccc23)CN1. The molecule has 0 spiro atoms. The average Bonchev–Trinajstić information content (AvgIpc) is 2.66. The first-order chi connectivity index (χ1) is 7.38. The summed E-state index contributed by atoms with van der Waals surface area (Å²) < 4.78 is 0. The third-order valence-corrected chi connectivity index (χ3v) is 2.98. The molecule has 0 aliphatic carbocycles. The second-order valence-electron chi connectivity index (χ2n) is 3.88. The summed E-state index contributed by atoms with van der Waals surface area (Å²) in [4.78, 5) is 14.0. The minimum absolute atomic E-state index is 0.156. The van der Waals surface area contributed by atoms with Gasteiger partial charge < -0.3 is 10.3 Å². The van der Waals surface area contributed by atoms with Crippen LogP contribution >= 0.6 is 0 Å². The van der Waals surface area contributed by atoms with E-state index in [-0.39, 0.29) is 6.04 Å². The van der Waals surface area contributed by atoms with Crippen molar-refractivity contribution in [1.82, 2.24) is 10.3 Å². The van der Waals surface area contributed by atoms with Gasteiger partial charge in [-0.05, 0) is 18.1 Å². The molecule has 0 saturated heterocycles. The maximum absolute atomic E-state index is 10.6. The van der Waals surface area contributed by atoms with Crippen molar-refractivity contribution in [3.8, 4) is 0 Å². The predicted molar refractivity (Wildman–Crippen MR) is 58.3 cm³/mol. The summed E-state index contributed by atoms with van der Waals surface area (Å²) in [5.41, 5.74) is 3.61. The monoisotopic (exact) mass is 199 g/mol. The zero-order valence-corrected chi connectivity index (χ0v) is 8.21. The van der Waals surface area contributed by atoms with Gasteiger partial charge in [-0.2, -0.15) is 0 Å². The molecule has 15 heavy (non-hydrogen) atoms. The highest BCUT2D eigenvalue weighted by atomic mass is 16.1. The van der Waals surface area contributed by atoms with Crippen LogP contribution in [0.3, 0.4) is 0 Å². The molecule has 1 atom stereocenters. The molecule has 2 N–H and O–H groups in total. The number of carbonyl (C=O) groups excluding carboxylic acids is 1. The van der Waals surface area contributed by atoms with E-state index < -0.39 is 0 Å². The summed E-state index contributed by atoms with van der Waals surface area (Å²) in [6.07, 6.45) is 2.76. The molecule has 0 saturated carbocycles. The number of hydrogen-bond donors (Lipinski definition) is 2. The van der Waals surface area contributed by atoms with Crippen LogP contribution in [0.4, 0.5) is 0 Å². The molecular weight excluding hydrogens is 188 g/mol. The molecule has 0 amide bonds. The lowest BCUT2D eigenvalue weighted by molar-refractivity contribution is 0.499. The van der Waals surface area contributed by atoms with Crippen molar-refractivity contribution in [2.45, 2.75) is 19.0 Å². The summed E-state index contributed by atoms with van der Waals surface area (Å²) in [5.74, 6) is 0. The van der Waals surface area contributed by atoms with Gasteiger partial charge in [0.15, 0.2) is 0 Å². The number of rotatable bonds is 1. The molecule has 0 unspecified atom stereocenters. The summed E-state index contributed by atoms with van der Waals surface area (Å²) in [6.45, 7) is 0.726. The molecule has 1 radical (unpaired) electrons. The van der Waals surface area contributed by atoms with Gasteiger partial charge in [-0.15, -0.1) is 0 Å². The summed E-state index contributed by atoms with van der Waals surface area (Å²) >= 11 is 0. The van der Waals surface area contributed by atoms with E-state index >= 15 is 0 Å². The van der Waals surface area contributed by atoms with E-state index in [1.165, 1.54) is 16.6 Å². The van der Waals surface area contributed by atoms with Crippen molar-refractivity contribution in [2.24, 2.45) is 0 Å². The van der Waals surface area contributed by atoms with Crippen molar-refractivity contribution < 1.29 is 4.79 Å². The summed E-state index contributed by atoms with van der Waals surface area (Å²) in [5, 5.41) is 4.36. The smallest absolute Gasteiger partial charge is 0.217 e. The maximum atomic E-state index is 10.6. The molecule has 1 aliphatic rings. The van der Waals surface area contributed by atoms with Crippen molar-refractivity contribution >= 4 is 17.2 Å². The minimum atomic E-state index is -0.156. The second-order valence-corrected chi connectivity index (χ2v) is 3.88. The van der Waals surface area contributed by atoms with Crippen molar-refractivity contribution in [3.05, 3.63) is 35.5 Å². The Balaban J connectivity index is 2.18. The lowest BCUT2D eigenvalue weighted by Crippen LogP contribution is -2.36. The van der Waals surface area contributed by atoms with Crippen LogP contribution in [0.25, 0.3) is 10.9 Å². The Hall–Kier alpha value is -1.61. The number of nitrogens with one attached hydrogen (secondary N) is 2. The molecule has 2 heterocycles. The van der Waals surface area contributed by atoms with Gasteiger partial charge in [0.2, 0.25) is 6.29 Å². The van der Waals surface area contributed by atoms with E-state index in [2.05, 4.69) is 22.4 Å². The highest BCUT2D eigenvalue weighted by Crippen LogP contribution is 2.25. The molecule has 1 aliphatic heterocycles. The van der Waals surface area contributed by atoms with Crippen LogP contribution in [-0.2, 0) is 17.8 Å². The lowest BCUT2D eigenvalue weighted by Gasteiger charge is -2.18. The zero-order chi connectivity index (χ0) is 10.3. The van der Waals surface area contributed by atoms with Gasteiger partial charge in [0.25, 0.3) is 0 Å². The highest BCUT2D eigenvalue weighted by Gasteiger charge is 2.21. The molecule has 3 heteroatoms. The number of fused-ring (bicyclic) bond motifs is 3. The number of H-pyrrole nitrogens is 1. The predicted octanol–water partition coefficient (Wildman–Crippen LogP) is 1.29. The van der Waals surface area contributed by atoms with Crippen LogP contribution in [0.1, 0.15) is 11.3 Å². The van der Waals surface area contributed by atoms with Gasteiger partial charge in [0, 0.05) is 23.1 Å². The van der Waals surface area contributed by atoms with Gasteiger partial charge in [-0.3, -0.25) is 4.79 Å². The summed E-state index contributed by atoms with van der Waals surface area (Å²) in [7, 11) is 0. The van der Waals surface area contributed by atoms with E-state index in [1.54, 1.807) is 0 Å². The van der Waals surface area contributed by atoms with E-state index in [1.807, 2.05) is 18.4 Å². The van der Waals surface area contributed by atoms with Crippen LogP contribution in [0.2, 0.25) is 0 Å². The Kier molecular flexibility index (Phi) is 1.86. The fraction of sp³-hybridized carbons (Fsp3) is 0.250. The lowest BCUT2D eigenvalue weighted by atomic mass is 9.99. The van der Waals surface area contributed by atoms with E-state index in [9.17, 15) is 4.79 Å². The molecule has 3 rings (SSSR count). The Bertz CT molecular complexity index is 515. The molecule has 0 fully saturated rings.